The SMILES string of the molecule is N=Cc1c(NC2CCCCC2)nc(C2CN(C(=O)Nc3cccc(Cl)c3)C2)[nH]c1=O. The van der Waals surface area contributed by atoms with Crippen LogP contribution < -0.4 is 16.2 Å². The molecule has 1 aromatic heterocycles. The van der Waals surface area contributed by atoms with E-state index in [0.29, 0.717) is 35.4 Å². The Morgan fingerprint density at radius 1 is 1.27 bits per heavy atom. The van der Waals surface area contributed by atoms with Crippen molar-refractivity contribution >= 4 is 35.4 Å². The predicted molar refractivity (Wildman–Crippen MR) is 118 cm³/mol. The van der Waals surface area contributed by atoms with Gasteiger partial charge >= 0.3 is 6.03 Å². The number of anilines is 2. The highest BCUT2D eigenvalue weighted by atomic mass is 35.5. The van der Waals surface area contributed by atoms with Crippen LogP contribution in [0.1, 0.15) is 49.4 Å². The molecule has 0 unspecified atom stereocenters. The van der Waals surface area contributed by atoms with E-state index in [4.69, 9.17) is 17.0 Å². The fourth-order valence-electron chi connectivity index (χ4n) is 3.96. The van der Waals surface area contributed by atoms with Crippen molar-refractivity contribution in [3.63, 3.8) is 0 Å². The topological polar surface area (TPSA) is 114 Å². The van der Waals surface area contributed by atoms with Crippen molar-refractivity contribution in [1.29, 1.82) is 5.41 Å². The number of likely N-dealkylation sites (tertiary alicyclic amines) is 1. The molecule has 2 aliphatic rings. The highest BCUT2D eigenvalue weighted by molar-refractivity contribution is 6.30. The van der Waals surface area contributed by atoms with Crippen LogP contribution in [0.2, 0.25) is 5.02 Å². The first kappa shape index (κ1) is 20.4. The summed E-state index contributed by atoms with van der Waals surface area (Å²) < 4.78 is 0. The van der Waals surface area contributed by atoms with Crippen molar-refractivity contribution in [1.82, 2.24) is 14.9 Å². The van der Waals surface area contributed by atoms with E-state index in [-0.39, 0.29) is 29.1 Å². The van der Waals surface area contributed by atoms with Crippen LogP contribution in [0.4, 0.5) is 16.3 Å². The molecule has 4 rings (SSSR count). The minimum Gasteiger partial charge on any atom is -0.367 e. The lowest BCUT2D eigenvalue weighted by atomic mass is 9.95. The Kier molecular flexibility index (Phi) is 6.03. The average Bonchev–Trinajstić information content (AvgIpc) is 2.67. The number of H-pyrrole nitrogens is 1. The van der Waals surface area contributed by atoms with Gasteiger partial charge in [0.2, 0.25) is 0 Å². The summed E-state index contributed by atoms with van der Waals surface area (Å²) in [6, 6.07) is 7.05. The van der Waals surface area contributed by atoms with Crippen LogP contribution in [0.5, 0.6) is 0 Å². The van der Waals surface area contributed by atoms with Crippen molar-refractivity contribution in [2.75, 3.05) is 23.7 Å². The van der Waals surface area contributed by atoms with Crippen LogP contribution in [-0.2, 0) is 0 Å². The largest absolute Gasteiger partial charge is 0.367 e. The fourth-order valence-corrected chi connectivity index (χ4v) is 4.15. The Hall–Kier alpha value is -2.87. The number of benzene rings is 1. The van der Waals surface area contributed by atoms with Crippen LogP contribution in [0.15, 0.2) is 29.1 Å². The van der Waals surface area contributed by atoms with E-state index < -0.39 is 0 Å². The molecule has 1 aliphatic heterocycles. The maximum Gasteiger partial charge on any atom is 0.321 e. The standard InChI is InChI=1S/C21H25ClN6O2/c22-14-5-4-8-16(9-14)25-21(30)28-11-13(12-28)18-26-19(17(10-23)20(29)27-18)24-15-6-2-1-3-7-15/h4-5,8-10,13,15,23H,1-3,6-7,11-12H2,(H,25,30)(H2,24,26,27,29). The first-order chi connectivity index (χ1) is 14.5. The van der Waals surface area contributed by atoms with Gasteiger partial charge in [0.25, 0.3) is 5.56 Å². The number of nitrogens with one attached hydrogen (secondary N) is 4. The summed E-state index contributed by atoms with van der Waals surface area (Å²) in [6.45, 7) is 0.921. The first-order valence-electron chi connectivity index (χ1n) is 10.3. The van der Waals surface area contributed by atoms with Gasteiger partial charge in [-0.05, 0) is 31.0 Å². The third-order valence-electron chi connectivity index (χ3n) is 5.70. The molecule has 0 atom stereocenters. The van der Waals surface area contributed by atoms with E-state index in [1.807, 2.05) is 0 Å². The lowest BCUT2D eigenvalue weighted by Crippen LogP contribution is -2.51. The molecule has 0 spiro atoms. The van der Waals surface area contributed by atoms with Crippen molar-refractivity contribution in [2.45, 2.75) is 44.1 Å². The number of hydrogen-bond donors (Lipinski definition) is 4. The molecule has 158 valence electrons. The van der Waals surface area contributed by atoms with E-state index in [1.165, 1.54) is 6.42 Å². The average molecular weight is 429 g/mol. The van der Waals surface area contributed by atoms with Crippen molar-refractivity contribution < 1.29 is 4.79 Å². The molecule has 2 fully saturated rings. The van der Waals surface area contributed by atoms with Crippen molar-refractivity contribution in [3.05, 3.63) is 51.0 Å². The molecule has 1 aliphatic carbocycles. The minimum atomic E-state index is -0.324. The molecule has 1 saturated heterocycles. The molecule has 4 N–H and O–H groups in total. The Morgan fingerprint density at radius 3 is 2.73 bits per heavy atom. The number of rotatable bonds is 5. The second-order valence-electron chi connectivity index (χ2n) is 7.88. The number of aromatic amines is 1. The molecule has 2 amide bonds. The summed E-state index contributed by atoms with van der Waals surface area (Å²) in [5, 5.41) is 14.3. The number of carbonyl (C=O) groups excluding carboxylic acids is 1. The molecule has 9 heteroatoms. The number of aromatic nitrogens is 2. The molecular weight excluding hydrogens is 404 g/mol. The number of hydrogen-bond acceptors (Lipinski definition) is 5. The molecule has 0 bridgehead atoms. The lowest BCUT2D eigenvalue weighted by molar-refractivity contribution is 0.160. The monoisotopic (exact) mass is 428 g/mol. The zero-order valence-electron chi connectivity index (χ0n) is 16.6. The van der Waals surface area contributed by atoms with Crippen LogP contribution in [0.3, 0.4) is 0 Å². The molecule has 1 saturated carbocycles. The first-order valence-corrected chi connectivity index (χ1v) is 10.6. The quantitative estimate of drug-likeness (QED) is 0.542. The second kappa shape index (κ2) is 8.87. The molecule has 30 heavy (non-hydrogen) atoms. The van der Waals surface area contributed by atoms with E-state index in [2.05, 4.69) is 20.6 Å². The molecular formula is C21H25ClN6O2. The van der Waals surface area contributed by atoms with Crippen LogP contribution in [0.25, 0.3) is 0 Å². The summed E-state index contributed by atoms with van der Waals surface area (Å²) in [6.07, 6.45) is 6.69. The van der Waals surface area contributed by atoms with Gasteiger partial charge in [0.1, 0.15) is 11.6 Å². The van der Waals surface area contributed by atoms with E-state index >= 15 is 0 Å². The Labute approximate surface area is 179 Å². The second-order valence-corrected chi connectivity index (χ2v) is 8.32. The van der Waals surface area contributed by atoms with Crippen molar-refractivity contribution in [3.8, 4) is 0 Å². The zero-order valence-corrected chi connectivity index (χ0v) is 17.3. The summed E-state index contributed by atoms with van der Waals surface area (Å²) >= 11 is 5.95. The maximum atomic E-state index is 12.5. The third-order valence-corrected chi connectivity index (χ3v) is 5.93. The number of amides is 2. The highest BCUT2D eigenvalue weighted by Crippen LogP contribution is 2.27. The van der Waals surface area contributed by atoms with Gasteiger partial charge in [-0.25, -0.2) is 9.78 Å². The number of urea groups is 1. The zero-order chi connectivity index (χ0) is 21.1. The lowest BCUT2D eigenvalue weighted by Gasteiger charge is -2.38. The number of nitrogens with zero attached hydrogens (tertiary/aromatic N) is 2. The van der Waals surface area contributed by atoms with Gasteiger partial charge in [-0.2, -0.15) is 0 Å². The molecule has 8 nitrogen and oxygen atoms in total. The Balaban J connectivity index is 1.42. The summed E-state index contributed by atoms with van der Waals surface area (Å²) in [7, 11) is 0. The molecule has 1 aromatic carbocycles. The van der Waals surface area contributed by atoms with E-state index in [9.17, 15) is 9.59 Å². The summed E-state index contributed by atoms with van der Waals surface area (Å²) in [5.74, 6) is 0.975. The van der Waals surface area contributed by atoms with Gasteiger partial charge < -0.3 is 25.9 Å². The molecule has 2 heterocycles. The minimum absolute atomic E-state index is 0.0468. The molecule has 2 aromatic rings. The van der Waals surface area contributed by atoms with Gasteiger partial charge in [-0.3, -0.25) is 4.79 Å². The van der Waals surface area contributed by atoms with Crippen molar-refractivity contribution in [2.24, 2.45) is 0 Å². The maximum absolute atomic E-state index is 12.5. The smallest absolute Gasteiger partial charge is 0.321 e. The van der Waals surface area contributed by atoms with Gasteiger partial charge in [-0.15, -0.1) is 0 Å². The number of halogens is 1. The fraction of sp³-hybridized carbons (Fsp3) is 0.429. The Bertz CT molecular complexity index is 995. The van der Waals surface area contributed by atoms with Gasteiger partial charge in [0, 0.05) is 36.1 Å². The van der Waals surface area contributed by atoms with E-state index in [1.54, 1.807) is 29.2 Å². The van der Waals surface area contributed by atoms with Gasteiger partial charge in [0.15, 0.2) is 0 Å². The van der Waals surface area contributed by atoms with Crippen LogP contribution in [0, 0.1) is 5.41 Å². The summed E-state index contributed by atoms with van der Waals surface area (Å²) in [5.41, 5.74) is 0.561. The highest BCUT2D eigenvalue weighted by Gasteiger charge is 2.34. The predicted octanol–water partition coefficient (Wildman–Crippen LogP) is 3.80. The Morgan fingerprint density at radius 2 is 2.03 bits per heavy atom. The molecule has 0 radical (unpaired) electrons. The van der Waals surface area contributed by atoms with Crippen LogP contribution in [-0.4, -0.2) is 46.2 Å². The van der Waals surface area contributed by atoms with Gasteiger partial charge in [-0.1, -0.05) is 36.9 Å². The summed E-state index contributed by atoms with van der Waals surface area (Å²) in [4.78, 5) is 34.0. The normalized spacial score (nSPS) is 17.3. The van der Waals surface area contributed by atoms with Gasteiger partial charge in [0.05, 0.1) is 11.5 Å². The number of carbonyl (C=O) groups is 1. The van der Waals surface area contributed by atoms with Crippen LogP contribution >= 0.6 is 11.6 Å². The third kappa shape index (κ3) is 4.48. The van der Waals surface area contributed by atoms with E-state index in [0.717, 1.165) is 31.9 Å².